The van der Waals surface area contributed by atoms with Crippen LogP contribution >= 0.6 is 0 Å². The fourth-order valence-corrected chi connectivity index (χ4v) is 8.89. The summed E-state index contributed by atoms with van der Waals surface area (Å²) in [5.74, 6) is 1.89. The van der Waals surface area contributed by atoms with E-state index in [9.17, 15) is 0 Å². The molecular weight excluding hydrogens is 693 g/mol. The van der Waals surface area contributed by atoms with Gasteiger partial charge in [-0.1, -0.05) is 153 Å². The quantitative estimate of drug-likeness (QED) is 0.166. The van der Waals surface area contributed by atoms with Crippen molar-refractivity contribution < 1.29 is 0 Å². The summed E-state index contributed by atoms with van der Waals surface area (Å²) in [4.78, 5) is 19.8. The van der Waals surface area contributed by atoms with Crippen molar-refractivity contribution in [1.29, 1.82) is 0 Å². The van der Waals surface area contributed by atoms with E-state index in [1.807, 2.05) is 24.5 Å². The summed E-state index contributed by atoms with van der Waals surface area (Å²) in [6, 6.07) is 60.7. The molecule has 0 saturated heterocycles. The lowest BCUT2D eigenvalue weighted by Gasteiger charge is -2.22. The molecule has 11 rings (SSSR count). The van der Waals surface area contributed by atoms with Crippen LogP contribution in [0.2, 0.25) is 0 Å². The number of benzene rings is 8. The first kappa shape index (κ1) is 33.1. The summed E-state index contributed by atoms with van der Waals surface area (Å²) in [6.45, 7) is 4.65. The molecule has 0 amide bonds. The molecule has 0 saturated carbocycles. The van der Waals surface area contributed by atoms with E-state index in [0.717, 1.165) is 33.4 Å². The number of hydrogen-bond acceptors (Lipinski definition) is 4. The molecule has 4 heteroatoms. The van der Waals surface area contributed by atoms with E-state index in [1.54, 1.807) is 0 Å². The number of nitrogens with zero attached hydrogens (tertiary/aromatic N) is 4. The second-order valence-corrected chi connectivity index (χ2v) is 15.5. The molecule has 2 heterocycles. The van der Waals surface area contributed by atoms with Crippen molar-refractivity contribution in [3.63, 3.8) is 0 Å². The Morgan fingerprint density at radius 3 is 1.49 bits per heavy atom. The normalized spacial score (nSPS) is 12.9. The SMILES string of the molecule is CC1(C)c2ccccc2-c2ccc(-c3cccc(-c4nc(-c5ccc(-c6ccncc6)cc5)nc(-c5ccc6c7ccccc7c7ccccc7c6c5)n4)c3)cc21. The second-order valence-electron chi connectivity index (χ2n) is 15.5. The van der Waals surface area contributed by atoms with Crippen molar-refractivity contribution in [2.75, 3.05) is 0 Å². The fraction of sp³-hybridized carbons (Fsp3) is 0.0566. The van der Waals surface area contributed by atoms with Crippen molar-refractivity contribution in [3.05, 3.63) is 193 Å². The predicted molar refractivity (Wildman–Crippen MR) is 235 cm³/mol. The Morgan fingerprint density at radius 1 is 0.316 bits per heavy atom. The first-order valence-electron chi connectivity index (χ1n) is 19.5. The summed E-state index contributed by atoms with van der Waals surface area (Å²) in [5, 5.41) is 7.32. The topological polar surface area (TPSA) is 51.6 Å². The molecule has 0 spiro atoms. The maximum atomic E-state index is 5.23. The van der Waals surface area contributed by atoms with Crippen LogP contribution in [-0.4, -0.2) is 19.9 Å². The van der Waals surface area contributed by atoms with Crippen LogP contribution < -0.4 is 0 Å². The molecule has 8 aromatic carbocycles. The van der Waals surface area contributed by atoms with Gasteiger partial charge in [-0.3, -0.25) is 4.98 Å². The highest BCUT2D eigenvalue weighted by atomic mass is 15.0. The van der Waals surface area contributed by atoms with Crippen LogP contribution in [-0.2, 0) is 5.41 Å². The van der Waals surface area contributed by atoms with E-state index in [0.29, 0.717) is 17.5 Å². The third-order valence-electron chi connectivity index (χ3n) is 11.8. The van der Waals surface area contributed by atoms with E-state index >= 15 is 0 Å². The molecule has 57 heavy (non-hydrogen) atoms. The van der Waals surface area contributed by atoms with Crippen LogP contribution in [0.5, 0.6) is 0 Å². The van der Waals surface area contributed by atoms with Gasteiger partial charge in [-0.2, -0.15) is 0 Å². The maximum Gasteiger partial charge on any atom is 0.164 e. The summed E-state index contributed by atoms with van der Waals surface area (Å²) in [5.41, 5.74) is 12.6. The molecule has 2 aromatic heterocycles. The summed E-state index contributed by atoms with van der Waals surface area (Å²) >= 11 is 0. The third kappa shape index (κ3) is 5.44. The Balaban J connectivity index is 1.06. The van der Waals surface area contributed by atoms with Crippen molar-refractivity contribution in [3.8, 4) is 67.5 Å². The predicted octanol–water partition coefficient (Wildman–Crippen LogP) is 13.4. The van der Waals surface area contributed by atoms with Gasteiger partial charge < -0.3 is 0 Å². The van der Waals surface area contributed by atoms with Gasteiger partial charge in [-0.25, -0.2) is 15.0 Å². The number of hydrogen-bond donors (Lipinski definition) is 0. The van der Waals surface area contributed by atoms with Gasteiger partial charge in [0.05, 0.1) is 0 Å². The van der Waals surface area contributed by atoms with E-state index in [1.165, 1.54) is 60.1 Å². The lowest BCUT2D eigenvalue weighted by molar-refractivity contribution is 0.660. The molecule has 0 radical (unpaired) electrons. The number of rotatable bonds is 5. The number of pyridine rings is 1. The lowest BCUT2D eigenvalue weighted by atomic mass is 9.81. The van der Waals surface area contributed by atoms with Gasteiger partial charge in [0.25, 0.3) is 0 Å². The molecule has 1 aliphatic rings. The van der Waals surface area contributed by atoms with Gasteiger partial charge in [0.2, 0.25) is 0 Å². The highest BCUT2D eigenvalue weighted by molar-refractivity contribution is 6.25. The molecule has 0 aliphatic heterocycles. The second kappa shape index (κ2) is 12.9. The first-order chi connectivity index (χ1) is 28.0. The van der Waals surface area contributed by atoms with Crippen LogP contribution in [0.4, 0.5) is 0 Å². The molecule has 0 atom stereocenters. The van der Waals surface area contributed by atoms with Crippen molar-refractivity contribution >= 4 is 32.3 Å². The van der Waals surface area contributed by atoms with Crippen LogP contribution in [0.15, 0.2) is 182 Å². The smallest absolute Gasteiger partial charge is 0.164 e. The van der Waals surface area contributed by atoms with Gasteiger partial charge in [0, 0.05) is 34.5 Å². The molecule has 1 aliphatic carbocycles. The van der Waals surface area contributed by atoms with Gasteiger partial charge in [-0.05, 0) is 107 Å². The van der Waals surface area contributed by atoms with Crippen molar-refractivity contribution in [2.45, 2.75) is 19.3 Å². The van der Waals surface area contributed by atoms with E-state index in [4.69, 9.17) is 15.0 Å². The van der Waals surface area contributed by atoms with Gasteiger partial charge in [0.15, 0.2) is 17.5 Å². The first-order valence-corrected chi connectivity index (χ1v) is 19.5. The van der Waals surface area contributed by atoms with Gasteiger partial charge in [0.1, 0.15) is 0 Å². The van der Waals surface area contributed by atoms with Crippen LogP contribution in [0.1, 0.15) is 25.0 Å². The fourth-order valence-electron chi connectivity index (χ4n) is 8.89. The average molecular weight is 729 g/mol. The van der Waals surface area contributed by atoms with Gasteiger partial charge >= 0.3 is 0 Å². The Kier molecular flexibility index (Phi) is 7.48. The highest BCUT2D eigenvalue weighted by Gasteiger charge is 2.35. The van der Waals surface area contributed by atoms with Crippen molar-refractivity contribution in [2.24, 2.45) is 0 Å². The minimum absolute atomic E-state index is 0.0814. The van der Waals surface area contributed by atoms with E-state index < -0.39 is 0 Å². The molecule has 10 aromatic rings. The zero-order valence-corrected chi connectivity index (χ0v) is 31.6. The zero-order valence-electron chi connectivity index (χ0n) is 31.6. The van der Waals surface area contributed by atoms with E-state index in [-0.39, 0.29) is 5.41 Å². The molecule has 0 fully saturated rings. The molecular formula is C53H36N4. The standard InChI is InChI=1S/C53H36N4/c1-53(2)48-17-8-7-16-45(48)46-25-22-37(32-49(46)53)36-10-9-11-38(30-36)51-55-50(35-20-18-33(19-21-35)34-26-28-54-29-27-34)56-52(57-51)39-23-24-44-42-14-4-3-12-40(42)41-13-5-6-15-43(41)47(44)31-39/h3-32H,1-2H3. The molecule has 0 bridgehead atoms. The van der Waals surface area contributed by atoms with Crippen LogP contribution in [0, 0.1) is 0 Å². The molecule has 0 unspecified atom stereocenters. The zero-order chi connectivity index (χ0) is 38.1. The Hall–Kier alpha value is -7.30. The lowest BCUT2D eigenvalue weighted by Crippen LogP contribution is -2.14. The maximum absolute atomic E-state index is 5.23. The molecule has 0 N–H and O–H groups in total. The summed E-state index contributed by atoms with van der Waals surface area (Å²) < 4.78 is 0. The Labute approximate surface area is 331 Å². The molecule has 4 nitrogen and oxygen atoms in total. The number of fused-ring (bicyclic) bond motifs is 9. The summed E-state index contributed by atoms with van der Waals surface area (Å²) in [7, 11) is 0. The monoisotopic (exact) mass is 728 g/mol. The molecule has 268 valence electrons. The van der Waals surface area contributed by atoms with Crippen LogP contribution in [0.3, 0.4) is 0 Å². The third-order valence-corrected chi connectivity index (χ3v) is 11.8. The Morgan fingerprint density at radius 2 is 0.789 bits per heavy atom. The van der Waals surface area contributed by atoms with E-state index in [2.05, 4.69) is 177 Å². The minimum atomic E-state index is -0.0814. The minimum Gasteiger partial charge on any atom is -0.265 e. The van der Waals surface area contributed by atoms with Gasteiger partial charge in [-0.15, -0.1) is 0 Å². The highest BCUT2D eigenvalue weighted by Crippen LogP contribution is 2.49. The summed E-state index contributed by atoms with van der Waals surface area (Å²) in [6.07, 6.45) is 3.64. The van der Waals surface area contributed by atoms with Crippen molar-refractivity contribution in [1.82, 2.24) is 19.9 Å². The average Bonchev–Trinajstić information content (AvgIpc) is 3.51. The largest absolute Gasteiger partial charge is 0.265 e. The van der Waals surface area contributed by atoms with Crippen LogP contribution in [0.25, 0.3) is 99.9 Å². The number of aromatic nitrogens is 4. The Bertz CT molecular complexity index is 3170.